The lowest BCUT2D eigenvalue weighted by Gasteiger charge is -2.46. The van der Waals surface area contributed by atoms with Gasteiger partial charge in [-0.1, -0.05) is 301 Å². The van der Waals surface area contributed by atoms with E-state index in [-0.39, 0.29) is 18.9 Å². The number of nitrogens with one attached hydrogen (secondary N) is 1. The number of carbonyl (C=O) groups is 1. The number of rotatable bonds is 60. The molecular formula is C72H135NO13. The van der Waals surface area contributed by atoms with Crippen molar-refractivity contribution in [2.75, 3.05) is 19.8 Å². The Hall–Kier alpha value is -1.79. The fraction of sp³-hybridized carbons (Fsp3) is 0.903. The second-order valence-electron chi connectivity index (χ2n) is 25.7. The van der Waals surface area contributed by atoms with E-state index >= 15 is 0 Å². The van der Waals surface area contributed by atoms with E-state index in [2.05, 4.69) is 43.5 Å². The Bertz CT molecular complexity index is 1580. The van der Waals surface area contributed by atoms with Crippen LogP contribution in [-0.2, 0) is 23.7 Å². The van der Waals surface area contributed by atoms with Crippen molar-refractivity contribution in [2.24, 2.45) is 0 Å². The van der Waals surface area contributed by atoms with Crippen molar-refractivity contribution in [3.63, 3.8) is 0 Å². The molecule has 2 fully saturated rings. The summed E-state index contributed by atoms with van der Waals surface area (Å²) < 4.78 is 22.9. The van der Waals surface area contributed by atoms with Gasteiger partial charge in [0.1, 0.15) is 48.8 Å². The maximum absolute atomic E-state index is 13.3. The summed E-state index contributed by atoms with van der Waals surface area (Å²) in [5.41, 5.74) is 0. The lowest BCUT2D eigenvalue weighted by Crippen LogP contribution is -2.65. The fourth-order valence-electron chi connectivity index (χ4n) is 12.0. The molecule has 0 aromatic rings. The lowest BCUT2D eigenvalue weighted by molar-refractivity contribution is -0.359. The molecular weight excluding hydrogens is 1090 g/mol. The predicted octanol–water partition coefficient (Wildman–Crippen LogP) is 14.9. The van der Waals surface area contributed by atoms with Crippen molar-refractivity contribution >= 4 is 5.91 Å². The van der Waals surface area contributed by atoms with Crippen LogP contribution in [0.1, 0.15) is 322 Å². The molecule has 0 spiro atoms. The molecule has 0 saturated carbocycles. The van der Waals surface area contributed by atoms with E-state index in [1.54, 1.807) is 6.08 Å². The summed E-state index contributed by atoms with van der Waals surface area (Å²) in [6.07, 6.45) is 56.4. The van der Waals surface area contributed by atoms with Crippen LogP contribution in [0.15, 0.2) is 36.5 Å². The Balaban J connectivity index is 1.64. The molecule has 14 heteroatoms. The summed E-state index contributed by atoms with van der Waals surface area (Å²) >= 11 is 0. The molecule has 2 heterocycles. The van der Waals surface area contributed by atoms with E-state index in [4.69, 9.17) is 18.9 Å². The van der Waals surface area contributed by atoms with Crippen LogP contribution in [0.3, 0.4) is 0 Å². The molecule has 0 aromatic carbocycles. The summed E-state index contributed by atoms with van der Waals surface area (Å²) in [6, 6.07) is -0.918. The van der Waals surface area contributed by atoms with Gasteiger partial charge in [-0.15, -0.1) is 0 Å². The van der Waals surface area contributed by atoms with E-state index in [1.807, 2.05) is 6.08 Å². The van der Waals surface area contributed by atoms with Gasteiger partial charge in [0.25, 0.3) is 0 Å². The molecule has 86 heavy (non-hydrogen) atoms. The third kappa shape index (κ3) is 40.8. The molecule has 0 aliphatic carbocycles. The molecule has 0 bridgehead atoms. The standard InChI is InChI=1S/C72H135NO13/c1-3-5-7-9-11-13-15-17-19-21-23-24-25-26-27-28-29-30-31-32-33-34-35-36-38-39-41-43-45-47-49-51-53-55-61(76)60(73-64(77)56-54-52-50-48-46-44-42-40-37-22-20-18-16-14-12-10-8-6-4-2)59-83-71-69(82)67(80)70(63(58-75)85-71)86-72-68(81)66(79)65(78)62(57-74)84-72/h12,14,18,20,53,55,60-63,65-72,74-76,78-82H,3-11,13,15-17,19,21-52,54,56-59H2,1-2H3,(H,73,77)/b14-12-,20-18-,55-53+. The van der Waals surface area contributed by atoms with Crippen molar-refractivity contribution in [3.8, 4) is 0 Å². The molecule has 506 valence electrons. The van der Waals surface area contributed by atoms with Crippen LogP contribution < -0.4 is 5.32 Å². The topological polar surface area (TPSA) is 228 Å². The minimum Gasteiger partial charge on any atom is -0.394 e. The number of carbonyl (C=O) groups excluding carboxylic acids is 1. The average Bonchev–Trinajstić information content (AvgIpc) is 2.46. The number of ether oxygens (including phenoxy) is 4. The Morgan fingerprint density at radius 3 is 1.19 bits per heavy atom. The van der Waals surface area contributed by atoms with Crippen molar-refractivity contribution in [3.05, 3.63) is 36.5 Å². The highest BCUT2D eigenvalue weighted by Gasteiger charge is 2.51. The largest absolute Gasteiger partial charge is 0.394 e. The zero-order valence-electron chi connectivity index (χ0n) is 55.1. The smallest absolute Gasteiger partial charge is 0.220 e. The highest BCUT2D eigenvalue weighted by molar-refractivity contribution is 5.76. The fourth-order valence-corrected chi connectivity index (χ4v) is 12.0. The van der Waals surface area contributed by atoms with Gasteiger partial charge in [-0.3, -0.25) is 4.79 Å². The van der Waals surface area contributed by atoms with Gasteiger partial charge in [0.2, 0.25) is 5.91 Å². The van der Waals surface area contributed by atoms with Gasteiger partial charge in [-0.2, -0.15) is 0 Å². The number of unbranched alkanes of at least 4 members (excludes halogenated alkanes) is 43. The summed E-state index contributed by atoms with van der Waals surface area (Å²) in [5.74, 6) is -0.240. The first-order valence-corrected chi connectivity index (χ1v) is 36.2. The van der Waals surface area contributed by atoms with Gasteiger partial charge in [0.05, 0.1) is 32.0 Å². The van der Waals surface area contributed by atoms with Gasteiger partial charge in [-0.05, 0) is 51.4 Å². The zero-order valence-corrected chi connectivity index (χ0v) is 55.1. The highest BCUT2D eigenvalue weighted by atomic mass is 16.7. The van der Waals surface area contributed by atoms with Crippen LogP contribution >= 0.6 is 0 Å². The quantitative estimate of drug-likeness (QED) is 0.0204. The Labute approximate surface area is 525 Å². The normalized spacial score (nSPS) is 23.6. The Morgan fingerprint density at radius 2 is 0.767 bits per heavy atom. The van der Waals surface area contributed by atoms with Crippen molar-refractivity contribution < 1.29 is 64.6 Å². The summed E-state index contributed by atoms with van der Waals surface area (Å²) in [4.78, 5) is 13.3. The minimum atomic E-state index is -1.79. The van der Waals surface area contributed by atoms with E-state index in [0.717, 1.165) is 51.4 Å². The predicted molar refractivity (Wildman–Crippen MR) is 351 cm³/mol. The Kier molecular flexibility index (Phi) is 53.4. The average molecular weight is 1220 g/mol. The number of hydrogen-bond acceptors (Lipinski definition) is 13. The SMILES string of the molecule is CCCCC/C=C\C/C=C\CCCCCCCCCCCC(=O)NC(COC1OC(CO)C(OC2OC(CO)C(O)C(O)C2O)C(O)C1O)C(O)/C=C/CCCCCCCCCCCCCCCCCCCCCCCCCCCCCCCCC. The zero-order chi connectivity index (χ0) is 62.3. The summed E-state index contributed by atoms with van der Waals surface area (Å²) in [7, 11) is 0. The lowest BCUT2D eigenvalue weighted by atomic mass is 9.97. The van der Waals surface area contributed by atoms with E-state index in [1.165, 1.54) is 244 Å². The van der Waals surface area contributed by atoms with Crippen LogP contribution in [0.4, 0.5) is 0 Å². The molecule has 12 unspecified atom stereocenters. The van der Waals surface area contributed by atoms with Gasteiger partial charge in [0, 0.05) is 6.42 Å². The second kappa shape index (κ2) is 57.1. The number of hydrogen-bond donors (Lipinski definition) is 9. The molecule has 0 radical (unpaired) electrons. The molecule has 1 amide bonds. The molecule has 2 aliphatic heterocycles. The van der Waals surface area contributed by atoms with Crippen LogP contribution in [0, 0.1) is 0 Å². The monoisotopic (exact) mass is 1220 g/mol. The van der Waals surface area contributed by atoms with Crippen LogP contribution in [-0.4, -0.2) is 140 Å². The minimum absolute atomic E-state index is 0.240. The van der Waals surface area contributed by atoms with Crippen molar-refractivity contribution in [1.82, 2.24) is 5.32 Å². The van der Waals surface area contributed by atoms with E-state index in [0.29, 0.717) is 6.42 Å². The van der Waals surface area contributed by atoms with Gasteiger partial charge < -0.3 is 65.1 Å². The van der Waals surface area contributed by atoms with Gasteiger partial charge in [-0.25, -0.2) is 0 Å². The number of aliphatic hydroxyl groups is 8. The van der Waals surface area contributed by atoms with Crippen molar-refractivity contribution in [1.29, 1.82) is 0 Å². The number of allylic oxidation sites excluding steroid dienone is 5. The van der Waals surface area contributed by atoms with Gasteiger partial charge >= 0.3 is 0 Å². The molecule has 14 nitrogen and oxygen atoms in total. The van der Waals surface area contributed by atoms with E-state index in [9.17, 15) is 45.6 Å². The third-order valence-corrected chi connectivity index (χ3v) is 17.8. The molecule has 12 atom stereocenters. The maximum Gasteiger partial charge on any atom is 0.220 e. The summed E-state index contributed by atoms with van der Waals surface area (Å²) in [6.45, 7) is 2.81. The first kappa shape index (κ1) is 80.3. The first-order chi connectivity index (χ1) is 42.1. The molecule has 2 saturated heterocycles. The van der Waals surface area contributed by atoms with Crippen molar-refractivity contribution in [2.45, 2.75) is 396 Å². The number of aliphatic hydroxyl groups excluding tert-OH is 8. The van der Waals surface area contributed by atoms with Crippen LogP contribution in [0.25, 0.3) is 0 Å². The van der Waals surface area contributed by atoms with Crippen LogP contribution in [0.2, 0.25) is 0 Å². The maximum atomic E-state index is 13.3. The second-order valence-corrected chi connectivity index (χ2v) is 25.7. The summed E-state index contributed by atoms with van der Waals surface area (Å²) in [5, 5.41) is 87.4. The molecule has 2 aliphatic rings. The highest BCUT2D eigenvalue weighted by Crippen LogP contribution is 2.30. The molecule has 0 aromatic heterocycles. The van der Waals surface area contributed by atoms with Gasteiger partial charge in [0.15, 0.2) is 12.6 Å². The Morgan fingerprint density at radius 1 is 0.419 bits per heavy atom. The van der Waals surface area contributed by atoms with Crippen LogP contribution in [0.5, 0.6) is 0 Å². The molecule has 9 N–H and O–H groups in total. The molecule has 2 rings (SSSR count). The van der Waals surface area contributed by atoms with E-state index < -0.39 is 86.8 Å². The number of amides is 1. The first-order valence-electron chi connectivity index (χ1n) is 36.2. The third-order valence-electron chi connectivity index (χ3n) is 17.8.